The maximum atomic E-state index is 15.4. The highest BCUT2D eigenvalue weighted by molar-refractivity contribution is 6.30. The molecule has 0 radical (unpaired) electrons. The lowest BCUT2D eigenvalue weighted by atomic mass is 9.97. The van der Waals surface area contributed by atoms with Gasteiger partial charge >= 0.3 is 6.03 Å². The van der Waals surface area contributed by atoms with Crippen LogP contribution >= 0.6 is 11.6 Å². The quantitative estimate of drug-likeness (QED) is 0.0148. The largest absolute Gasteiger partial charge is 0.394 e. The van der Waals surface area contributed by atoms with Crippen molar-refractivity contribution in [2.45, 2.75) is 159 Å². The third kappa shape index (κ3) is 26.9. The van der Waals surface area contributed by atoms with E-state index in [4.69, 9.17) is 38.9 Å². The van der Waals surface area contributed by atoms with Crippen molar-refractivity contribution in [3.8, 4) is 0 Å². The van der Waals surface area contributed by atoms with Crippen molar-refractivity contribution in [2.24, 2.45) is 23.1 Å². The van der Waals surface area contributed by atoms with E-state index < -0.39 is 132 Å². The minimum Gasteiger partial charge on any atom is -0.394 e. The molecule has 2 heterocycles. The number of amides is 13. The molecular formula is C80H102ClN17O14. The molecule has 31 nitrogen and oxygen atoms in total. The van der Waals surface area contributed by atoms with Gasteiger partial charge in [-0.15, -0.1) is 0 Å². The highest BCUT2D eigenvalue weighted by Crippen LogP contribution is 2.24. The van der Waals surface area contributed by atoms with Crippen LogP contribution in [-0.4, -0.2) is 198 Å². The number of ether oxygens (including phenoxy) is 1. The molecule has 10 atom stereocenters. The predicted octanol–water partition coefficient (Wildman–Crippen LogP) is 1.51. The molecule has 0 spiro atoms. The molecule has 0 saturated carbocycles. The zero-order valence-corrected chi connectivity index (χ0v) is 63.9. The number of morpholine rings is 1. The molecule has 0 aliphatic carbocycles. The first-order valence-corrected chi connectivity index (χ1v) is 37.7. The summed E-state index contributed by atoms with van der Waals surface area (Å²) in [4.78, 5) is 173. The first-order valence-electron chi connectivity index (χ1n) is 37.4. The molecule has 13 amide bonds. The summed E-state index contributed by atoms with van der Waals surface area (Å²) in [5.41, 5.74) is 20.7. The number of nitrogens with zero attached hydrogens (tertiary/aromatic N) is 2. The average molecular weight is 1560 g/mol. The number of carbonyl (C=O) groups excluding carboxylic acids is 12. The highest BCUT2D eigenvalue weighted by atomic mass is 35.5. The van der Waals surface area contributed by atoms with Gasteiger partial charge in [-0.1, -0.05) is 147 Å². The van der Waals surface area contributed by atoms with Crippen molar-refractivity contribution in [3.05, 3.63) is 184 Å². The number of nitrogens with two attached hydrogens (primary N) is 3. The maximum Gasteiger partial charge on any atom is 0.312 e. The summed E-state index contributed by atoms with van der Waals surface area (Å²) >= 11 is 6.27. The molecule has 2 fully saturated rings. The minimum absolute atomic E-state index is 0.00260. The predicted molar refractivity (Wildman–Crippen MR) is 421 cm³/mol. The van der Waals surface area contributed by atoms with Crippen molar-refractivity contribution >= 4 is 105 Å². The summed E-state index contributed by atoms with van der Waals surface area (Å²) in [6.07, 6.45) is -0.0846. The number of guanidine groups is 1. The zero-order valence-electron chi connectivity index (χ0n) is 63.2. The zero-order chi connectivity index (χ0) is 81.0. The lowest BCUT2D eigenvalue weighted by molar-refractivity contribution is -0.142. The number of anilines is 1. The van der Waals surface area contributed by atoms with Gasteiger partial charge in [0.05, 0.1) is 19.8 Å². The normalized spacial score (nSPS) is 15.9. The number of hydrogen-bond donors (Lipinski definition) is 16. The van der Waals surface area contributed by atoms with E-state index in [1.54, 1.807) is 117 Å². The molecule has 6 aromatic carbocycles. The maximum absolute atomic E-state index is 15.4. The Labute approximate surface area is 655 Å². The number of primary amides is 2. The van der Waals surface area contributed by atoms with Crippen LogP contribution in [0.25, 0.3) is 10.8 Å². The minimum atomic E-state index is -1.84. The van der Waals surface area contributed by atoms with Crippen LogP contribution in [0.1, 0.15) is 93.2 Å². The summed E-state index contributed by atoms with van der Waals surface area (Å²) in [5, 5.41) is 50.5. The van der Waals surface area contributed by atoms with Crippen LogP contribution in [0.3, 0.4) is 0 Å². The molecule has 32 heteroatoms. The molecule has 6 aromatic rings. The fourth-order valence-corrected chi connectivity index (χ4v) is 13.4. The standard InChI is InChI=1S/C80H102ClN17O14/c1-47(2)39-61(70(102)89-60(19-11-33-86-79(83)84)78(110)98-34-12-20-68(98)77(109)87-48(3)69(82)101)90-71(103)63(41-51-21-23-54(24-22-51)45-97-35-37-112-38-36-97)92-73(105)65(43-53-27-31-58(32-28-53)88-49(4)100)94-76(108)67(46-99)95-74(106)62(40-50-13-6-5-7-14-50)91-72(104)64(42-52-25-29-57(81)30-26-52)93-75(107)66(96-80(85)111)44-56-17-10-16-55-15-8-9-18-59(55)56/h5-10,13-18,21-32,47-48,60-68,99H,11-12,19-20,33-46H2,1-4H3,(H2,82,101)(H,87,109)(H,88,100)(H,89,102)(H,90,103)(H,91,104)(H,92,105)(H,93,107)(H,94,108)(H,95,106)(H4,83,84,86)(H3,85,96,111)/t48-,60+,61+,62-,63-,64-,65+,66-,67+,68+/m1/s1. The van der Waals surface area contributed by atoms with Gasteiger partial charge in [-0.3, -0.25) is 63.0 Å². The number of likely N-dealkylation sites (tertiary alicyclic amines) is 1. The summed E-state index contributed by atoms with van der Waals surface area (Å²) in [6.45, 7) is 8.67. The topological polar surface area (TPSA) is 475 Å². The number of urea groups is 1. The van der Waals surface area contributed by atoms with Gasteiger partial charge in [0.15, 0.2) is 5.96 Å². The Morgan fingerprint density at radius 1 is 0.527 bits per heavy atom. The van der Waals surface area contributed by atoms with Crippen molar-refractivity contribution in [1.29, 1.82) is 5.41 Å². The smallest absolute Gasteiger partial charge is 0.312 e. The van der Waals surface area contributed by atoms with Gasteiger partial charge in [-0.25, -0.2) is 4.79 Å². The van der Waals surface area contributed by atoms with E-state index in [9.17, 15) is 53.1 Å². The second kappa shape index (κ2) is 42.6. The van der Waals surface area contributed by atoms with Gasteiger partial charge in [0.1, 0.15) is 60.4 Å². The molecule has 112 heavy (non-hydrogen) atoms. The van der Waals surface area contributed by atoms with Crippen molar-refractivity contribution in [2.75, 3.05) is 51.3 Å². The van der Waals surface area contributed by atoms with Gasteiger partial charge in [-0.2, -0.15) is 0 Å². The van der Waals surface area contributed by atoms with Crippen molar-refractivity contribution < 1.29 is 67.4 Å². The highest BCUT2D eigenvalue weighted by Gasteiger charge is 2.41. The molecular weight excluding hydrogens is 1460 g/mol. The van der Waals surface area contributed by atoms with E-state index in [2.05, 4.69) is 63.4 Å². The van der Waals surface area contributed by atoms with Crippen LogP contribution in [0, 0.1) is 11.3 Å². The first-order chi connectivity index (χ1) is 53.6. The van der Waals surface area contributed by atoms with Crippen molar-refractivity contribution in [1.82, 2.24) is 63.0 Å². The van der Waals surface area contributed by atoms with E-state index in [0.29, 0.717) is 77.8 Å². The van der Waals surface area contributed by atoms with Crippen LogP contribution < -0.4 is 75.7 Å². The summed E-state index contributed by atoms with van der Waals surface area (Å²) in [7, 11) is 0. The molecule has 19 N–H and O–H groups in total. The second-order valence-electron chi connectivity index (χ2n) is 28.5. The first kappa shape index (κ1) is 86.1. The molecule has 8 rings (SSSR count). The van der Waals surface area contributed by atoms with Gasteiger partial charge in [0.25, 0.3) is 0 Å². The van der Waals surface area contributed by atoms with Crippen LogP contribution in [0.4, 0.5) is 10.5 Å². The molecule has 598 valence electrons. The Bertz CT molecular complexity index is 4260. The Balaban J connectivity index is 1.08. The Kier molecular flexibility index (Phi) is 32.7. The number of halogens is 1. The lowest BCUT2D eigenvalue weighted by Crippen LogP contribution is -2.62. The number of benzene rings is 6. The third-order valence-corrected chi connectivity index (χ3v) is 19.4. The Hall–Kier alpha value is -11.5. The van der Waals surface area contributed by atoms with Crippen molar-refractivity contribution in [3.63, 3.8) is 0 Å². The van der Waals surface area contributed by atoms with Crippen LogP contribution in [0.5, 0.6) is 0 Å². The fraction of sp³-hybridized carbons (Fsp3) is 0.412. The summed E-state index contributed by atoms with van der Waals surface area (Å²) in [5.74, 6) is -9.41. The molecule has 2 saturated heterocycles. The monoisotopic (exact) mass is 1560 g/mol. The van der Waals surface area contributed by atoms with Gasteiger partial charge in [-0.05, 0) is 113 Å². The van der Waals surface area contributed by atoms with E-state index in [0.717, 1.165) is 16.3 Å². The van der Waals surface area contributed by atoms with Crippen LogP contribution in [-0.2, 0) is 96.1 Å². The van der Waals surface area contributed by atoms with Gasteiger partial charge in [0, 0.05) is 82.5 Å². The Morgan fingerprint density at radius 3 is 1.52 bits per heavy atom. The lowest BCUT2D eigenvalue weighted by Gasteiger charge is -2.31. The van der Waals surface area contributed by atoms with E-state index in [1.807, 2.05) is 42.5 Å². The number of rotatable bonds is 39. The van der Waals surface area contributed by atoms with E-state index in [1.165, 1.54) is 18.7 Å². The van der Waals surface area contributed by atoms with E-state index >= 15 is 9.59 Å². The third-order valence-electron chi connectivity index (χ3n) is 19.2. The molecule has 0 unspecified atom stereocenters. The second-order valence-corrected chi connectivity index (χ2v) is 28.9. The van der Waals surface area contributed by atoms with Gasteiger partial charge in [0.2, 0.25) is 65.0 Å². The molecule has 0 bridgehead atoms. The summed E-state index contributed by atoms with van der Waals surface area (Å²) in [6, 6.07) is 26.5. The summed E-state index contributed by atoms with van der Waals surface area (Å²) < 4.78 is 5.55. The number of aliphatic hydroxyl groups is 1. The number of carbonyl (C=O) groups is 12. The van der Waals surface area contributed by atoms with Crippen LogP contribution in [0.2, 0.25) is 5.02 Å². The molecule has 0 aromatic heterocycles. The number of aliphatic hydroxyl groups excluding tert-OH is 1. The number of fused-ring (bicyclic) bond motifs is 1. The van der Waals surface area contributed by atoms with Gasteiger partial charge < -0.3 is 90.4 Å². The van der Waals surface area contributed by atoms with E-state index in [-0.39, 0.29) is 88.7 Å². The number of nitrogens with one attached hydrogen (secondary N) is 12. The fourth-order valence-electron chi connectivity index (χ4n) is 13.3. The number of hydrogen-bond acceptors (Lipinski definition) is 16. The molecule has 2 aliphatic rings. The average Bonchev–Trinajstić information content (AvgIpc) is 1.11. The van der Waals surface area contributed by atoms with Crippen LogP contribution in [0.15, 0.2) is 146 Å². The SMILES string of the molecule is CC(=O)Nc1ccc(C[C@H](NC(=O)[C@H](CO)NC(=O)[C@@H](Cc2ccccc2)NC(=O)[C@@H](Cc2ccc(Cl)cc2)NC(=O)[C@@H](Cc2cccc3ccccc23)NC(N)=O)C(=O)N[C@H](Cc2ccc(CN3CCOCC3)cc2)C(=O)N[C@@H](CC(C)C)C(=O)N[C@@H](CCCNC(=N)N)C(=O)N2CCC[C@H]2C(=O)N[C@H](C)C(N)=O)cc1. The Morgan fingerprint density at radius 2 is 0.991 bits per heavy atom. The molecule has 2 aliphatic heterocycles.